The maximum absolute atomic E-state index is 6.29. The quantitative estimate of drug-likeness (QED) is 0.743. The number of hydrogen-bond acceptors (Lipinski definition) is 5. The Hall–Kier alpha value is -2.31. The van der Waals surface area contributed by atoms with Crippen LogP contribution in [0.25, 0.3) is 11.0 Å². The maximum atomic E-state index is 6.29. The molecular weight excluding hydrogens is 364 g/mol. The molecule has 2 aliphatic rings. The van der Waals surface area contributed by atoms with E-state index in [4.69, 9.17) is 21.1 Å². The number of anilines is 1. The molecule has 140 valence electrons. The first-order valence-corrected chi connectivity index (χ1v) is 9.68. The van der Waals surface area contributed by atoms with Crippen LogP contribution >= 0.6 is 11.6 Å². The highest BCUT2D eigenvalue weighted by Crippen LogP contribution is 2.38. The Labute approximate surface area is 162 Å². The molecule has 2 fully saturated rings. The van der Waals surface area contributed by atoms with E-state index in [9.17, 15) is 0 Å². The molecule has 3 aromatic rings. The van der Waals surface area contributed by atoms with Gasteiger partial charge in [0, 0.05) is 30.7 Å². The van der Waals surface area contributed by atoms with Crippen LogP contribution in [0.2, 0.25) is 5.02 Å². The van der Waals surface area contributed by atoms with Crippen molar-refractivity contribution < 1.29 is 9.47 Å². The average Bonchev–Trinajstić information content (AvgIpc) is 3.31. The highest BCUT2D eigenvalue weighted by Gasteiger charge is 2.45. The number of nitrogens with one attached hydrogen (secondary N) is 1. The van der Waals surface area contributed by atoms with Crippen LogP contribution in [0.3, 0.4) is 0 Å². The molecule has 2 atom stereocenters. The third-order valence-electron chi connectivity index (χ3n) is 5.46. The molecule has 2 aromatic heterocycles. The standard InChI is InChI=1S/C20H21ClN4O2/c21-14-2-4-15(5-3-14)27-16-10-20(26-11-16)7-1-9-25(12-20)19-17-6-8-22-18(17)23-13-24-19/h2-6,8,13,16H,1,7,9-12H2,(H,22,23,24)/t16-,20+/m1/s1. The summed E-state index contributed by atoms with van der Waals surface area (Å²) in [6, 6.07) is 9.55. The Morgan fingerprint density at radius 1 is 1.22 bits per heavy atom. The first kappa shape index (κ1) is 16.8. The number of aromatic nitrogens is 3. The van der Waals surface area contributed by atoms with Crippen LogP contribution in [-0.4, -0.2) is 46.4 Å². The molecule has 0 radical (unpaired) electrons. The van der Waals surface area contributed by atoms with Gasteiger partial charge in [-0.3, -0.25) is 0 Å². The molecule has 4 heterocycles. The van der Waals surface area contributed by atoms with Crippen LogP contribution in [0, 0.1) is 0 Å². The number of hydrogen-bond donors (Lipinski definition) is 1. The number of fused-ring (bicyclic) bond motifs is 1. The van der Waals surface area contributed by atoms with E-state index in [1.807, 2.05) is 36.5 Å². The van der Waals surface area contributed by atoms with E-state index in [0.717, 1.165) is 55.0 Å². The van der Waals surface area contributed by atoms with Gasteiger partial charge in [-0.2, -0.15) is 0 Å². The Morgan fingerprint density at radius 2 is 2.11 bits per heavy atom. The van der Waals surface area contributed by atoms with Gasteiger partial charge in [-0.1, -0.05) is 11.6 Å². The zero-order chi connectivity index (χ0) is 18.3. The van der Waals surface area contributed by atoms with Gasteiger partial charge in [-0.15, -0.1) is 0 Å². The first-order valence-electron chi connectivity index (χ1n) is 9.30. The van der Waals surface area contributed by atoms with E-state index in [2.05, 4.69) is 19.9 Å². The minimum absolute atomic E-state index is 0.0591. The summed E-state index contributed by atoms with van der Waals surface area (Å²) in [7, 11) is 0. The molecular formula is C20H21ClN4O2. The molecule has 5 rings (SSSR count). The largest absolute Gasteiger partial charge is 0.488 e. The lowest BCUT2D eigenvalue weighted by molar-refractivity contribution is -0.00823. The Morgan fingerprint density at radius 3 is 3.00 bits per heavy atom. The molecule has 0 unspecified atom stereocenters. The topological polar surface area (TPSA) is 63.3 Å². The molecule has 27 heavy (non-hydrogen) atoms. The van der Waals surface area contributed by atoms with E-state index in [1.54, 1.807) is 6.33 Å². The van der Waals surface area contributed by atoms with E-state index >= 15 is 0 Å². The van der Waals surface area contributed by atoms with Crippen molar-refractivity contribution in [2.24, 2.45) is 0 Å². The van der Waals surface area contributed by atoms with Crippen LogP contribution in [-0.2, 0) is 4.74 Å². The monoisotopic (exact) mass is 384 g/mol. The van der Waals surface area contributed by atoms with E-state index in [1.165, 1.54) is 0 Å². The van der Waals surface area contributed by atoms with E-state index in [0.29, 0.717) is 11.6 Å². The number of nitrogens with zero attached hydrogens (tertiary/aromatic N) is 3. The van der Waals surface area contributed by atoms with Gasteiger partial charge in [0.2, 0.25) is 0 Å². The lowest BCUT2D eigenvalue weighted by atomic mass is 9.89. The number of aromatic amines is 1. The number of ether oxygens (including phenoxy) is 2. The van der Waals surface area contributed by atoms with E-state index < -0.39 is 0 Å². The number of rotatable bonds is 3. The Kier molecular flexibility index (Phi) is 4.17. The summed E-state index contributed by atoms with van der Waals surface area (Å²) in [6.07, 6.45) is 6.59. The highest BCUT2D eigenvalue weighted by molar-refractivity contribution is 6.30. The minimum atomic E-state index is -0.178. The fraction of sp³-hybridized carbons (Fsp3) is 0.400. The maximum Gasteiger partial charge on any atom is 0.142 e. The van der Waals surface area contributed by atoms with Gasteiger partial charge in [-0.25, -0.2) is 9.97 Å². The normalized spacial score (nSPS) is 25.4. The fourth-order valence-corrected chi connectivity index (χ4v) is 4.38. The van der Waals surface area contributed by atoms with Gasteiger partial charge in [0.25, 0.3) is 0 Å². The van der Waals surface area contributed by atoms with Crippen molar-refractivity contribution in [3.63, 3.8) is 0 Å². The van der Waals surface area contributed by atoms with Crippen molar-refractivity contribution in [2.75, 3.05) is 24.6 Å². The molecule has 1 spiro atoms. The second-order valence-corrected chi connectivity index (χ2v) is 7.79. The predicted octanol–water partition coefficient (Wildman–Crippen LogP) is 3.82. The van der Waals surface area contributed by atoms with Gasteiger partial charge in [0.1, 0.15) is 29.6 Å². The molecule has 0 saturated carbocycles. The third kappa shape index (κ3) is 3.24. The summed E-state index contributed by atoms with van der Waals surface area (Å²) in [5, 5.41) is 1.77. The number of benzene rings is 1. The summed E-state index contributed by atoms with van der Waals surface area (Å²) in [5.41, 5.74) is 0.694. The molecule has 2 saturated heterocycles. The van der Waals surface area contributed by atoms with Crippen molar-refractivity contribution in [1.82, 2.24) is 15.0 Å². The zero-order valence-corrected chi connectivity index (χ0v) is 15.7. The van der Waals surface area contributed by atoms with Gasteiger partial charge in [0.05, 0.1) is 17.6 Å². The molecule has 0 aliphatic carbocycles. The van der Waals surface area contributed by atoms with Crippen LogP contribution in [0.1, 0.15) is 19.3 Å². The number of piperidine rings is 1. The Balaban J connectivity index is 1.32. The second kappa shape index (κ2) is 6.69. The lowest BCUT2D eigenvalue weighted by Crippen LogP contribution is -2.48. The molecule has 0 bridgehead atoms. The molecule has 1 aromatic carbocycles. The van der Waals surface area contributed by atoms with Crippen molar-refractivity contribution in [1.29, 1.82) is 0 Å². The van der Waals surface area contributed by atoms with Crippen LogP contribution in [0.5, 0.6) is 5.75 Å². The summed E-state index contributed by atoms with van der Waals surface area (Å²) >= 11 is 5.95. The summed E-state index contributed by atoms with van der Waals surface area (Å²) in [6.45, 7) is 2.41. The highest BCUT2D eigenvalue weighted by atomic mass is 35.5. The number of H-pyrrole nitrogens is 1. The van der Waals surface area contributed by atoms with Crippen LogP contribution in [0.4, 0.5) is 5.82 Å². The second-order valence-electron chi connectivity index (χ2n) is 7.35. The minimum Gasteiger partial charge on any atom is -0.488 e. The molecule has 7 heteroatoms. The van der Waals surface area contributed by atoms with Crippen LogP contribution in [0.15, 0.2) is 42.9 Å². The Bertz CT molecular complexity index is 945. The lowest BCUT2D eigenvalue weighted by Gasteiger charge is -2.40. The molecule has 1 N–H and O–H groups in total. The molecule has 0 amide bonds. The van der Waals surface area contributed by atoms with Crippen molar-refractivity contribution in [3.8, 4) is 5.75 Å². The zero-order valence-electron chi connectivity index (χ0n) is 14.9. The molecule has 2 aliphatic heterocycles. The SMILES string of the molecule is Clc1ccc(O[C@H]2CO[C@@]3(CCCN(c4ncnc5[nH]ccc45)C3)C2)cc1. The summed E-state index contributed by atoms with van der Waals surface area (Å²) in [5.74, 6) is 1.81. The van der Waals surface area contributed by atoms with Crippen LogP contribution < -0.4 is 9.64 Å². The van der Waals surface area contributed by atoms with Gasteiger partial charge in [-0.05, 0) is 43.2 Å². The van der Waals surface area contributed by atoms with Crippen molar-refractivity contribution >= 4 is 28.5 Å². The van der Waals surface area contributed by atoms with Crippen molar-refractivity contribution in [3.05, 3.63) is 47.9 Å². The number of halogens is 1. The predicted molar refractivity (Wildman–Crippen MR) is 105 cm³/mol. The van der Waals surface area contributed by atoms with Gasteiger partial charge >= 0.3 is 0 Å². The smallest absolute Gasteiger partial charge is 0.142 e. The van der Waals surface area contributed by atoms with E-state index in [-0.39, 0.29) is 11.7 Å². The third-order valence-corrected chi connectivity index (χ3v) is 5.72. The summed E-state index contributed by atoms with van der Waals surface area (Å²) < 4.78 is 12.4. The average molecular weight is 385 g/mol. The van der Waals surface area contributed by atoms with Gasteiger partial charge < -0.3 is 19.4 Å². The summed E-state index contributed by atoms with van der Waals surface area (Å²) in [4.78, 5) is 14.3. The molecule has 6 nitrogen and oxygen atoms in total. The fourth-order valence-electron chi connectivity index (χ4n) is 4.26. The first-order chi connectivity index (χ1) is 13.2. The van der Waals surface area contributed by atoms with Gasteiger partial charge in [0.15, 0.2) is 0 Å². The van der Waals surface area contributed by atoms with Crippen molar-refractivity contribution in [2.45, 2.75) is 31.0 Å².